The van der Waals surface area contributed by atoms with Crippen LogP contribution < -0.4 is 5.48 Å². The van der Waals surface area contributed by atoms with Gasteiger partial charge in [-0.2, -0.15) is 0 Å². The summed E-state index contributed by atoms with van der Waals surface area (Å²) in [6.45, 7) is 4.70. The number of hydrogen-bond acceptors (Lipinski definition) is 4. The molecular weight excluding hydrogens is 480 g/mol. The minimum absolute atomic E-state index is 0.0658. The van der Waals surface area contributed by atoms with E-state index in [2.05, 4.69) is 5.48 Å². The molecule has 1 amide bonds. The number of carbonyl (C=O) groups excluding carboxylic acids is 1. The maximum absolute atomic E-state index is 12.0. The fourth-order valence-corrected chi connectivity index (χ4v) is 2.97. The summed E-state index contributed by atoms with van der Waals surface area (Å²) in [4.78, 5) is 22.3. The summed E-state index contributed by atoms with van der Waals surface area (Å²) < 4.78 is 6.95. The highest BCUT2D eigenvalue weighted by atomic mass is 127. The predicted octanol–water partition coefficient (Wildman–Crippen LogP) is 5.23. The number of nitro groups is 1. The molecular formula is C18H19IN3O4P. The van der Waals surface area contributed by atoms with E-state index in [9.17, 15) is 14.9 Å². The molecule has 2 aromatic carbocycles. The Morgan fingerprint density at radius 1 is 1.22 bits per heavy atom. The standard InChI is InChI=1S/C16H13IN3O4P.C2H6/c17-25-24-18-16(21)13-4-3-12-7-8-19(15(12)9-13)10-11-1-5-14(6-2-11)20(22)23;1-2/h1-9,25H,10H2,(H,18,21);1-2H3. The monoisotopic (exact) mass is 499 g/mol. The van der Waals surface area contributed by atoms with Gasteiger partial charge in [-0.3, -0.25) is 14.9 Å². The van der Waals surface area contributed by atoms with Gasteiger partial charge in [-0.05, 0) is 51.2 Å². The summed E-state index contributed by atoms with van der Waals surface area (Å²) in [6.07, 6.45) is 1.93. The van der Waals surface area contributed by atoms with Gasteiger partial charge in [0, 0.05) is 36.0 Å². The zero-order valence-electron chi connectivity index (χ0n) is 14.8. The van der Waals surface area contributed by atoms with Crippen LogP contribution in [0.3, 0.4) is 0 Å². The molecule has 9 heteroatoms. The first-order chi connectivity index (χ1) is 13.1. The number of carbonyl (C=O) groups is 1. The lowest BCUT2D eigenvalue weighted by molar-refractivity contribution is -0.384. The van der Waals surface area contributed by atoms with Crippen LogP contribution in [-0.4, -0.2) is 15.4 Å². The molecule has 0 aliphatic heterocycles. The highest BCUT2D eigenvalue weighted by Crippen LogP contribution is 2.22. The van der Waals surface area contributed by atoms with Crippen LogP contribution in [0.5, 0.6) is 0 Å². The molecule has 0 aliphatic rings. The van der Waals surface area contributed by atoms with Crippen molar-refractivity contribution in [1.29, 1.82) is 0 Å². The van der Waals surface area contributed by atoms with E-state index in [0.29, 0.717) is 12.1 Å². The van der Waals surface area contributed by atoms with Crippen LogP contribution in [0.1, 0.15) is 29.8 Å². The maximum Gasteiger partial charge on any atom is 0.275 e. The summed E-state index contributed by atoms with van der Waals surface area (Å²) in [5, 5.41) is 11.7. The van der Waals surface area contributed by atoms with E-state index in [-0.39, 0.29) is 18.0 Å². The molecule has 0 spiro atoms. The lowest BCUT2D eigenvalue weighted by Gasteiger charge is -2.08. The zero-order valence-corrected chi connectivity index (χ0v) is 18.0. The molecule has 0 fully saturated rings. The Labute approximate surface area is 171 Å². The number of nitro benzene ring substituents is 1. The van der Waals surface area contributed by atoms with Gasteiger partial charge in [0.1, 0.15) is 6.45 Å². The molecule has 0 bridgehead atoms. The molecule has 1 unspecified atom stereocenters. The van der Waals surface area contributed by atoms with Crippen LogP contribution in [0.15, 0.2) is 54.7 Å². The van der Waals surface area contributed by atoms with E-state index >= 15 is 0 Å². The van der Waals surface area contributed by atoms with Gasteiger partial charge in [-0.1, -0.05) is 32.0 Å². The number of nitrogens with zero attached hydrogens (tertiary/aromatic N) is 2. The second kappa shape index (κ2) is 10.3. The number of rotatable bonds is 6. The third-order valence-corrected chi connectivity index (χ3v) is 4.56. The minimum Gasteiger partial charge on any atom is -0.343 e. The van der Waals surface area contributed by atoms with E-state index < -0.39 is 4.92 Å². The number of aromatic nitrogens is 1. The van der Waals surface area contributed by atoms with E-state index in [1.165, 1.54) is 12.1 Å². The Hall–Kier alpha value is -2.03. The van der Waals surface area contributed by atoms with Crippen molar-refractivity contribution in [2.75, 3.05) is 0 Å². The molecule has 0 radical (unpaired) electrons. The Morgan fingerprint density at radius 2 is 1.93 bits per heavy atom. The van der Waals surface area contributed by atoms with E-state index in [1.807, 2.05) is 58.8 Å². The van der Waals surface area contributed by atoms with E-state index in [1.54, 1.807) is 24.3 Å². The predicted molar refractivity (Wildman–Crippen MR) is 116 cm³/mol. The first-order valence-electron chi connectivity index (χ1n) is 8.22. The van der Waals surface area contributed by atoms with Crippen LogP contribution in [0.4, 0.5) is 5.69 Å². The SMILES string of the molecule is CC.O=C(NOPI)c1ccc2ccn(Cc3ccc([N+](=O)[O-])cc3)c2c1. The molecule has 0 saturated heterocycles. The molecule has 1 atom stereocenters. The minimum atomic E-state index is -0.419. The van der Waals surface area contributed by atoms with Crippen molar-refractivity contribution in [1.82, 2.24) is 10.0 Å². The first-order valence-corrected chi connectivity index (χ1v) is 12.2. The molecule has 7 nitrogen and oxygen atoms in total. The van der Waals surface area contributed by atoms with E-state index in [0.717, 1.165) is 16.5 Å². The van der Waals surface area contributed by atoms with Crippen molar-refractivity contribution < 1.29 is 14.3 Å². The molecule has 0 saturated carbocycles. The van der Waals surface area contributed by atoms with Gasteiger partial charge in [0.25, 0.3) is 11.6 Å². The zero-order chi connectivity index (χ0) is 19.8. The molecule has 3 aromatic rings. The smallest absolute Gasteiger partial charge is 0.275 e. The summed E-state index contributed by atoms with van der Waals surface area (Å²) in [6, 6.07) is 13.8. The summed E-state index contributed by atoms with van der Waals surface area (Å²) in [5.74, 6) is -0.297. The Balaban J connectivity index is 0.00000126. The van der Waals surface area contributed by atoms with Crippen LogP contribution in [0, 0.1) is 10.1 Å². The van der Waals surface area contributed by atoms with Crippen molar-refractivity contribution in [3.63, 3.8) is 0 Å². The largest absolute Gasteiger partial charge is 0.343 e. The second-order valence-electron chi connectivity index (χ2n) is 5.25. The van der Waals surface area contributed by atoms with E-state index in [4.69, 9.17) is 4.62 Å². The number of hydroxylamine groups is 1. The quantitative estimate of drug-likeness (QED) is 0.218. The second-order valence-corrected chi connectivity index (χ2v) is 6.93. The molecule has 1 N–H and O–H groups in total. The average Bonchev–Trinajstić information content (AvgIpc) is 3.10. The molecule has 1 aromatic heterocycles. The summed E-state index contributed by atoms with van der Waals surface area (Å²) >= 11 is 2.02. The highest BCUT2D eigenvalue weighted by Gasteiger charge is 2.10. The Morgan fingerprint density at radius 3 is 2.56 bits per heavy atom. The summed E-state index contributed by atoms with van der Waals surface area (Å²) in [7, 11) is 0. The van der Waals surface area contributed by atoms with Gasteiger partial charge >= 0.3 is 0 Å². The average molecular weight is 499 g/mol. The van der Waals surface area contributed by atoms with Gasteiger partial charge in [-0.25, -0.2) is 10.1 Å². The third kappa shape index (κ3) is 5.47. The fraction of sp³-hybridized carbons (Fsp3) is 0.167. The number of nitrogens with one attached hydrogen (secondary N) is 1. The number of halogens is 1. The molecule has 27 heavy (non-hydrogen) atoms. The number of non-ortho nitro benzene ring substituents is 1. The fourth-order valence-electron chi connectivity index (χ4n) is 2.51. The number of benzene rings is 2. The van der Waals surface area contributed by atoms with Crippen LogP contribution >= 0.6 is 28.5 Å². The van der Waals surface area contributed by atoms with Gasteiger partial charge in [-0.15, -0.1) is 0 Å². The topological polar surface area (TPSA) is 86.4 Å². The van der Waals surface area contributed by atoms with Crippen LogP contribution in [0.2, 0.25) is 0 Å². The van der Waals surface area contributed by atoms with Crippen molar-refractivity contribution in [2.45, 2.75) is 20.4 Å². The van der Waals surface area contributed by atoms with Crippen molar-refractivity contribution in [3.05, 3.63) is 76.0 Å². The molecule has 142 valence electrons. The molecule has 3 rings (SSSR count). The number of amides is 1. The van der Waals surface area contributed by atoms with Crippen LogP contribution in [-0.2, 0) is 11.2 Å². The number of fused-ring (bicyclic) bond motifs is 1. The lowest BCUT2D eigenvalue weighted by Crippen LogP contribution is -2.20. The lowest BCUT2D eigenvalue weighted by atomic mass is 10.1. The van der Waals surface area contributed by atoms with Crippen LogP contribution in [0.25, 0.3) is 10.9 Å². The normalized spacial score (nSPS) is 10.6. The Bertz CT molecular complexity index is 928. The first kappa shape index (κ1) is 21.3. The number of hydrogen-bond donors (Lipinski definition) is 1. The summed E-state index contributed by atoms with van der Waals surface area (Å²) in [5.41, 5.74) is 4.80. The van der Waals surface area contributed by atoms with Gasteiger partial charge < -0.3 is 4.57 Å². The third-order valence-electron chi connectivity index (χ3n) is 3.72. The van der Waals surface area contributed by atoms with Crippen molar-refractivity contribution >= 4 is 51.0 Å². The van der Waals surface area contributed by atoms with Gasteiger partial charge in [0.2, 0.25) is 0 Å². The Kier molecular flexibility index (Phi) is 8.15. The van der Waals surface area contributed by atoms with Crippen molar-refractivity contribution in [3.8, 4) is 0 Å². The highest BCUT2D eigenvalue weighted by molar-refractivity contribution is 14.2. The van der Waals surface area contributed by atoms with Crippen molar-refractivity contribution in [2.24, 2.45) is 0 Å². The van der Waals surface area contributed by atoms with Gasteiger partial charge in [0.15, 0.2) is 0 Å². The molecule has 1 heterocycles. The molecule has 0 aliphatic carbocycles. The maximum atomic E-state index is 12.0. The van der Waals surface area contributed by atoms with Gasteiger partial charge in [0.05, 0.1) is 4.92 Å².